The molecule has 1 heterocycles. The van der Waals surface area contributed by atoms with Gasteiger partial charge < -0.3 is 5.73 Å². The minimum absolute atomic E-state index is 0.430. The fraction of sp³-hybridized carbons (Fsp3) is 1.00. The van der Waals surface area contributed by atoms with Gasteiger partial charge in [0.15, 0.2) is 0 Å². The Bertz CT molecular complexity index is 208. The van der Waals surface area contributed by atoms with Crippen LogP contribution in [0.25, 0.3) is 0 Å². The third kappa shape index (κ3) is 1.40. The highest BCUT2D eigenvalue weighted by Gasteiger charge is 2.47. The highest BCUT2D eigenvalue weighted by molar-refractivity contribution is 5.04. The molecule has 1 aliphatic heterocycles. The van der Waals surface area contributed by atoms with Crippen LogP contribution in [-0.2, 0) is 0 Å². The van der Waals surface area contributed by atoms with Crippen LogP contribution in [0.5, 0.6) is 0 Å². The van der Waals surface area contributed by atoms with Gasteiger partial charge in [-0.15, -0.1) is 0 Å². The van der Waals surface area contributed by atoms with Crippen molar-refractivity contribution in [3.8, 4) is 0 Å². The van der Waals surface area contributed by atoms with Gasteiger partial charge in [0.05, 0.1) is 0 Å². The Labute approximate surface area is 87.8 Å². The van der Waals surface area contributed by atoms with E-state index in [0.29, 0.717) is 11.6 Å². The SMILES string of the molecule is CCC(C)(CC)N1C[C@H]2CC1CC2N. The molecule has 2 aliphatic rings. The van der Waals surface area contributed by atoms with Crippen molar-refractivity contribution in [2.75, 3.05) is 6.54 Å². The van der Waals surface area contributed by atoms with Crippen LogP contribution in [0.2, 0.25) is 0 Å². The zero-order valence-corrected chi connectivity index (χ0v) is 9.79. The Morgan fingerprint density at radius 2 is 1.93 bits per heavy atom. The van der Waals surface area contributed by atoms with Crippen molar-refractivity contribution < 1.29 is 0 Å². The predicted molar refractivity (Wildman–Crippen MR) is 60.2 cm³/mol. The van der Waals surface area contributed by atoms with Gasteiger partial charge >= 0.3 is 0 Å². The van der Waals surface area contributed by atoms with Crippen LogP contribution in [-0.4, -0.2) is 29.1 Å². The molecule has 2 bridgehead atoms. The lowest BCUT2D eigenvalue weighted by Gasteiger charge is -2.44. The molecule has 2 heteroatoms. The Morgan fingerprint density at radius 1 is 1.29 bits per heavy atom. The Balaban J connectivity index is 2.08. The van der Waals surface area contributed by atoms with Crippen LogP contribution >= 0.6 is 0 Å². The molecule has 0 radical (unpaired) electrons. The van der Waals surface area contributed by atoms with E-state index in [1.54, 1.807) is 0 Å². The van der Waals surface area contributed by atoms with E-state index in [1.165, 1.54) is 32.2 Å². The predicted octanol–water partition coefficient (Wildman–Crippen LogP) is 1.99. The summed E-state index contributed by atoms with van der Waals surface area (Å²) in [5, 5.41) is 0. The summed E-state index contributed by atoms with van der Waals surface area (Å²) >= 11 is 0. The zero-order chi connectivity index (χ0) is 10.3. The number of likely N-dealkylation sites (tertiary alicyclic amines) is 1. The van der Waals surface area contributed by atoms with Gasteiger partial charge in [0, 0.05) is 24.2 Å². The van der Waals surface area contributed by atoms with E-state index in [0.717, 1.165) is 12.0 Å². The van der Waals surface area contributed by atoms with Crippen molar-refractivity contribution in [1.29, 1.82) is 0 Å². The summed E-state index contributed by atoms with van der Waals surface area (Å²) in [5.41, 5.74) is 6.51. The molecule has 1 saturated carbocycles. The van der Waals surface area contributed by atoms with E-state index in [-0.39, 0.29) is 0 Å². The second-order valence-corrected chi connectivity index (χ2v) is 5.41. The van der Waals surface area contributed by atoms with Gasteiger partial charge in [-0.05, 0) is 38.5 Å². The van der Waals surface area contributed by atoms with Gasteiger partial charge in [0.25, 0.3) is 0 Å². The molecule has 2 unspecified atom stereocenters. The third-order valence-electron chi connectivity index (χ3n) is 4.81. The number of hydrogen-bond donors (Lipinski definition) is 1. The molecule has 1 saturated heterocycles. The van der Waals surface area contributed by atoms with Gasteiger partial charge in [-0.3, -0.25) is 4.90 Å². The van der Waals surface area contributed by atoms with Crippen LogP contribution in [0.3, 0.4) is 0 Å². The molecule has 0 aromatic heterocycles. The lowest BCUT2D eigenvalue weighted by Crippen LogP contribution is -2.52. The first kappa shape index (κ1) is 10.4. The first-order chi connectivity index (χ1) is 6.60. The molecule has 0 aromatic rings. The maximum absolute atomic E-state index is 6.08. The summed E-state index contributed by atoms with van der Waals surface area (Å²) in [5.74, 6) is 0.789. The highest BCUT2D eigenvalue weighted by Crippen LogP contribution is 2.42. The van der Waals surface area contributed by atoms with Crippen molar-refractivity contribution >= 4 is 0 Å². The average Bonchev–Trinajstić information content (AvgIpc) is 2.75. The van der Waals surface area contributed by atoms with E-state index in [9.17, 15) is 0 Å². The molecule has 0 aromatic carbocycles. The summed E-state index contributed by atoms with van der Waals surface area (Å²) in [4.78, 5) is 2.74. The minimum atomic E-state index is 0.430. The number of nitrogens with zero attached hydrogens (tertiary/aromatic N) is 1. The highest BCUT2D eigenvalue weighted by atomic mass is 15.3. The number of fused-ring (bicyclic) bond motifs is 2. The lowest BCUT2D eigenvalue weighted by atomic mass is 9.90. The molecule has 1 aliphatic carbocycles. The van der Waals surface area contributed by atoms with Crippen molar-refractivity contribution in [3.63, 3.8) is 0 Å². The molecule has 14 heavy (non-hydrogen) atoms. The topological polar surface area (TPSA) is 29.3 Å². The maximum atomic E-state index is 6.08. The number of nitrogens with two attached hydrogens (primary N) is 1. The number of piperidine rings is 1. The third-order valence-corrected chi connectivity index (χ3v) is 4.81. The van der Waals surface area contributed by atoms with E-state index >= 15 is 0 Å². The van der Waals surface area contributed by atoms with Gasteiger partial charge in [-0.2, -0.15) is 0 Å². The summed E-state index contributed by atoms with van der Waals surface area (Å²) in [6.45, 7) is 8.30. The molecule has 2 rings (SSSR count). The first-order valence-electron chi connectivity index (χ1n) is 6.13. The van der Waals surface area contributed by atoms with Crippen LogP contribution in [0.15, 0.2) is 0 Å². The van der Waals surface area contributed by atoms with Gasteiger partial charge in [0.1, 0.15) is 0 Å². The van der Waals surface area contributed by atoms with Crippen molar-refractivity contribution in [3.05, 3.63) is 0 Å². The Kier molecular flexibility index (Phi) is 2.61. The summed E-state index contributed by atoms with van der Waals surface area (Å²) in [7, 11) is 0. The summed E-state index contributed by atoms with van der Waals surface area (Å²) < 4.78 is 0. The van der Waals surface area contributed by atoms with Crippen molar-refractivity contribution in [1.82, 2.24) is 4.90 Å². The smallest absolute Gasteiger partial charge is 0.0179 e. The van der Waals surface area contributed by atoms with E-state index in [1.807, 2.05) is 0 Å². The minimum Gasteiger partial charge on any atom is -0.327 e. The quantitative estimate of drug-likeness (QED) is 0.748. The molecule has 3 atom stereocenters. The molecule has 82 valence electrons. The van der Waals surface area contributed by atoms with Crippen LogP contribution < -0.4 is 5.73 Å². The summed E-state index contributed by atoms with van der Waals surface area (Å²) in [6.07, 6.45) is 5.13. The van der Waals surface area contributed by atoms with Crippen molar-refractivity contribution in [2.24, 2.45) is 11.7 Å². The fourth-order valence-electron chi connectivity index (χ4n) is 3.31. The monoisotopic (exact) mass is 196 g/mol. The molecular formula is C12H24N2. The second-order valence-electron chi connectivity index (χ2n) is 5.41. The normalized spacial score (nSPS) is 38.1. The number of hydrogen-bond acceptors (Lipinski definition) is 2. The zero-order valence-electron chi connectivity index (χ0n) is 9.79. The number of rotatable bonds is 3. The van der Waals surface area contributed by atoms with E-state index < -0.39 is 0 Å². The summed E-state index contributed by atoms with van der Waals surface area (Å²) in [6, 6.07) is 1.29. The Morgan fingerprint density at radius 3 is 2.29 bits per heavy atom. The molecule has 0 spiro atoms. The van der Waals surface area contributed by atoms with E-state index in [2.05, 4.69) is 25.7 Å². The van der Waals surface area contributed by atoms with E-state index in [4.69, 9.17) is 5.73 Å². The average molecular weight is 196 g/mol. The molecule has 2 nitrogen and oxygen atoms in total. The van der Waals surface area contributed by atoms with Crippen LogP contribution in [0.1, 0.15) is 46.5 Å². The van der Waals surface area contributed by atoms with Gasteiger partial charge in [-0.1, -0.05) is 13.8 Å². The fourth-order valence-corrected chi connectivity index (χ4v) is 3.31. The largest absolute Gasteiger partial charge is 0.327 e. The van der Waals surface area contributed by atoms with Gasteiger partial charge in [0.2, 0.25) is 0 Å². The van der Waals surface area contributed by atoms with Crippen LogP contribution in [0.4, 0.5) is 0 Å². The molecular weight excluding hydrogens is 172 g/mol. The second kappa shape index (κ2) is 3.49. The van der Waals surface area contributed by atoms with Gasteiger partial charge in [-0.25, -0.2) is 0 Å². The molecule has 2 N–H and O–H groups in total. The Hall–Kier alpha value is -0.0800. The standard InChI is InChI=1S/C12H24N2/c1-4-12(3,5-2)14-8-9-6-10(14)7-11(9)13/h9-11H,4-8,13H2,1-3H3/t9-,10?,11?/m1/s1. The lowest BCUT2D eigenvalue weighted by molar-refractivity contribution is 0.0568. The first-order valence-corrected chi connectivity index (χ1v) is 6.13. The van der Waals surface area contributed by atoms with Crippen molar-refractivity contribution in [2.45, 2.75) is 64.1 Å². The maximum Gasteiger partial charge on any atom is 0.0179 e. The molecule has 2 fully saturated rings. The molecule has 0 amide bonds. The van der Waals surface area contributed by atoms with Crippen LogP contribution in [0, 0.1) is 5.92 Å².